The first-order chi connectivity index (χ1) is 16.8. The average molecular weight is 488 g/mol. The molecule has 9 heteroatoms. The van der Waals surface area contributed by atoms with Crippen LogP contribution in [0.2, 0.25) is 0 Å². The molecule has 35 heavy (non-hydrogen) atoms. The van der Waals surface area contributed by atoms with Gasteiger partial charge in [-0.2, -0.15) is 18.2 Å². The van der Waals surface area contributed by atoms with Crippen molar-refractivity contribution in [3.63, 3.8) is 0 Å². The first-order valence-corrected chi connectivity index (χ1v) is 12.6. The maximum Gasteiger partial charge on any atom is 0.471 e. The highest BCUT2D eigenvalue weighted by atomic mass is 19.4. The van der Waals surface area contributed by atoms with Crippen molar-refractivity contribution in [3.05, 3.63) is 41.3 Å². The highest BCUT2D eigenvalue weighted by molar-refractivity contribution is 5.81. The minimum absolute atomic E-state index is 0.112. The molecule has 0 aliphatic heterocycles. The molecule has 2 heterocycles. The van der Waals surface area contributed by atoms with E-state index in [-0.39, 0.29) is 5.82 Å². The molecule has 2 fully saturated rings. The Morgan fingerprint density at radius 3 is 2.60 bits per heavy atom. The second-order valence-electron chi connectivity index (χ2n) is 9.88. The first-order valence-electron chi connectivity index (χ1n) is 12.6. The SMILES string of the molecule is CCN(CC)CCn1c(CC2CC3CCC2C3)nc2cc(/C=C/c3noc(C(F)(F)F)n3)ccc21. The molecule has 2 aliphatic carbocycles. The lowest BCUT2D eigenvalue weighted by Crippen LogP contribution is -2.28. The number of likely N-dealkylation sites (N-methyl/N-ethyl adjacent to an activating group) is 1. The van der Waals surface area contributed by atoms with Crippen LogP contribution in [0.4, 0.5) is 13.2 Å². The molecule has 1 aromatic carbocycles. The molecule has 2 saturated carbocycles. The van der Waals surface area contributed by atoms with Crippen molar-refractivity contribution < 1.29 is 17.7 Å². The fourth-order valence-electron chi connectivity index (χ4n) is 5.94. The molecule has 188 valence electrons. The van der Waals surface area contributed by atoms with E-state index in [0.29, 0.717) is 0 Å². The standard InChI is InChI=1S/C26H32F3N5O/c1-3-33(4-2)11-12-34-22-9-6-17(7-10-23-31-25(35-32-23)26(27,28)29)15-21(22)30-24(34)16-20-14-18-5-8-19(20)13-18/h6-7,9-10,15,18-20H,3-5,8,11-14,16H2,1-2H3/b10-7+. The van der Waals surface area contributed by atoms with Crippen molar-refractivity contribution in [3.8, 4) is 0 Å². The number of aromatic nitrogens is 4. The van der Waals surface area contributed by atoms with E-state index < -0.39 is 12.1 Å². The van der Waals surface area contributed by atoms with Gasteiger partial charge in [-0.1, -0.05) is 37.6 Å². The number of fused-ring (bicyclic) bond motifs is 3. The summed E-state index contributed by atoms with van der Waals surface area (Å²) < 4.78 is 44.8. The number of hydrogen-bond donors (Lipinski definition) is 0. The second kappa shape index (κ2) is 9.76. The highest BCUT2D eigenvalue weighted by Crippen LogP contribution is 2.49. The van der Waals surface area contributed by atoms with Gasteiger partial charge >= 0.3 is 12.1 Å². The van der Waals surface area contributed by atoms with Crippen LogP contribution in [0, 0.1) is 17.8 Å². The Kier molecular flexibility index (Phi) is 6.70. The van der Waals surface area contributed by atoms with Crippen molar-refractivity contribution in [1.82, 2.24) is 24.6 Å². The zero-order chi connectivity index (χ0) is 24.6. The maximum absolute atomic E-state index is 12.7. The molecule has 0 N–H and O–H groups in total. The lowest BCUT2D eigenvalue weighted by Gasteiger charge is -2.23. The van der Waals surface area contributed by atoms with Crippen LogP contribution in [-0.4, -0.2) is 44.2 Å². The first kappa shape index (κ1) is 24.0. The van der Waals surface area contributed by atoms with Gasteiger partial charge in [0.15, 0.2) is 5.82 Å². The summed E-state index contributed by atoms with van der Waals surface area (Å²) >= 11 is 0. The Morgan fingerprint density at radius 1 is 1.11 bits per heavy atom. The van der Waals surface area contributed by atoms with Gasteiger partial charge in [-0.15, -0.1) is 0 Å². The molecule has 2 bridgehead atoms. The molecule has 3 unspecified atom stereocenters. The van der Waals surface area contributed by atoms with E-state index in [1.807, 2.05) is 12.1 Å². The van der Waals surface area contributed by atoms with Gasteiger partial charge in [0.25, 0.3) is 0 Å². The number of halogens is 3. The lowest BCUT2D eigenvalue weighted by molar-refractivity contribution is -0.159. The van der Waals surface area contributed by atoms with Crippen LogP contribution in [0.5, 0.6) is 0 Å². The highest BCUT2D eigenvalue weighted by Gasteiger charge is 2.40. The molecule has 2 aliphatic rings. The predicted octanol–water partition coefficient (Wildman–Crippen LogP) is 5.93. The van der Waals surface area contributed by atoms with Crippen LogP contribution in [-0.2, 0) is 19.1 Å². The average Bonchev–Trinajstić information content (AvgIpc) is 3.62. The number of rotatable bonds is 9. The fourth-order valence-corrected chi connectivity index (χ4v) is 5.94. The summed E-state index contributed by atoms with van der Waals surface area (Å²) in [5, 5.41) is 3.39. The van der Waals surface area contributed by atoms with E-state index in [1.54, 1.807) is 6.08 Å². The molecule has 0 spiro atoms. The quantitative estimate of drug-likeness (QED) is 0.374. The molecule has 0 amide bonds. The molecule has 0 radical (unpaired) electrons. The minimum Gasteiger partial charge on any atom is -0.329 e. The summed E-state index contributed by atoms with van der Waals surface area (Å²) in [7, 11) is 0. The smallest absolute Gasteiger partial charge is 0.329 e. The summed E-state index contributed by atoms with van der Waals surface area (Å²) in [6.45, 7) is 8.28. The molecule has 3 atom stereocenters. The van der Waals surface area contributed by atoms with Crippen LogP contribution in [0.1, 0.15) is 62.6 Å². The van der Waals surface area contributed by atoms with Crippen LogP contribution >= 0.6 is 0 Å². The van der Waals surface area contributed by atoms with Gasteiger partial charge in [0, 0.05) is 19.5 Å². The van der Waals surface area contributed by atoms with Gasteiger partial charge in [0.1, 0.15) is 5.82 Å². The molecular formula is C26H32F3N5O. The number of alkyl halides is 3. The lowest BCUT2D eigenvalue weighted by atomic mass is 9.86. The third-order valence-electron chi connectivity index (χ3n) is 7.82. The summed E-state index contributed by atoms with van der Waals surface area (Å²) in [6, 6.07) is 6.00. The van der Waals surface area contributed by atoms with Crippen LogP contribution in [0.3, 0.4) is 0 Å². The van der Waals surface area contributed by atoms with Crippen molar-refractivity contribution in [2.75, 3.05) is 19.6 Å². The Morgan fingerprint density at radius 2 is 1.94 bits per heavy atom. The van der Waals surface area contributed by atoms with E-state index in [0.717, 1.165) is 72.8 Å². The van der Waals surface area contributed by atoms with E-state index in [2.05, 4.69) is 44.0 Å². The third-order valence-corrected chi connectivity index (χ3v) is 7.82. The normalized spacial score (nSPS) is 22.4. The van der Waals surface area contributed by atoms with Gasteiger partial charge in [0.05, 0.1) is 11.0 Å². The van der Waals surface area contributed by atoms with Crippen LogP contribution < -0.4 is 0 Å². The molecular weight excluding hydrogens is 455 g/mol. The topological polar surface area (TPSA) is 60.0 Å². The fraction of sp³-hybridized carbons (Fsp3) is 0.577. The van der Waals surface area contributed by atoms with E-state index >= 15 is 0 Å². The minimum atomic E-state index is -4.65. The van der Waals surface area contributed by atoms with Gasteiger partial charge < -0.3 is 14.0 Å². The van der Waals surface area contributed by atoms with E-state index in [1.165, 1.54) is 31.8 Å². The Hall–Kier alpha value is -2.68. The molecule has 3 aromatic rings. The Balaban J connectivity index is 1.40. The van der Waals surface area contributed by atoms with Crippen molar-refractivity contribution in [2.24, 2.45) is 17.8 Å². The molecule has 0 saturated heterocycles. The van der Waals surface area contributed by atoms with Crippen molar-refractivity contribution in [1.29, 1.82) is 0 Å². The van der Waals surface area contributed by atoms with Gasteiger partial charge in [0.2, 0.25) is 0 Å². The van der Waals surface area contributed by atoms with Crippen molar-refractivity contribution in [2.45, 2.75) is 58.7 Å². The molecule has 5 rings (SSSR count). The number of imidazole rings is 1. The Bertz CT molecular complexity index is 1190. The Labute approximate surface area is 203 Å². The molecule has 6 nitrogen and oxygen atoms in total. The number of benzene rings is 1. The van der Waals surface area contributed by atoms with Crippen LogP contribution in [0.25, 0.3) is 23.2 Å². The number of nitrogens with zero attached hydrogens (tertiary/aromatic N) is 5. The largest absolute Gasteiger partial charge is 0.471 e. The zero-order valence-corrected chi connectivity index (χ0v) is 20.3. The third kappa shape index (κ3) is 5.15. The van der Waals surface area contributed by atoms with Gasteiger partial charge in [-0.3, -0.25) is 0 Å². The van der Waals surface area contributed by atoms with Crippen molar-refractivity contribution >= 4 is 23.2 Å². The number of hydrogen-bond acceptors (Lipinski definition) is 5. The second-order valence-corrected chi connectivity index (χ2v) is 9.88. The summed E-state index contributed by atoms with van der Waals surface area (Å²) in [5.41, 5.74) is 2.84. The predicted molar refractivity (Wildman–Crippen MR) is 128 cm³/mol. The van der Waals surface area contributed by atoms with E-state index in [4.69, 9.17) is 4.98 Å². The summed E-state index contributed by atoms with van der Waals surface area (Å²) in [4.78, 5) is 10.9. The van der Waals surface area contributed by atoms with E-state index in [9.17, 15) is 13.2 Å². The van der Waals surface area contributed by atoms with Crippen LogP contribution in [0.15, 0.2) is 22.7 Å². The van der Waals surface area contributed by atoms with Gasteiger partial charge in [-0.25, -0.2) is 4.98 Å². The zero-order valence-electron chi connectivity index (χ0n) is 20.3. The summed E-state index contributed by atoms with van der Waals surface area (Å²) in [5.74, 6) is 2.16. The molecule has 2 aromatic heterocycles. The maximum atomic E-state index is 12.7. The monoisotopic (exact) mass is 487 g/mol. The summed E-state index contributed by atoms with van der Waals surface area (Å²) in [6.07, 6.45) is 4.93. The van der Waals surface area contributed by atoms with Gasteiger partial charge in [-0.05, 0) is 73.9 Å².